The number of hydrogen-bond donors (Lipinski definition) is 1. The number of carbonyl (C=O) groups excluding carboxylic acids is 1. The van der Waals surface area contributed by atoms with Gasteiger partial charge in [0.25, 0.3) is 0 Å². The van der Waals surface area contributed by atoms with E-state index in [1.54, 1.807) is 6.07 Å². The van der Waals surface area contributed by atoms with Crippen LogP contribution in [0.2, 0.25) is 0 Å². The van der Waals surface area contributed by atoms with E-state index in [-0.39, 0.29) is 18.3 Å². The molecule has 0 fully saturated rings. The van der Waals surface area contributed by atoms with Crippen LogP contribution in [-0.4, -0.2) is 29.5 Å². The molecule has 1 aliphatic carbocycles. The summed E-state index contributed by atoms with van der Waals surface area (Å²) in [5.74, 6) is 0.999. The summed E-state index contributed by atoms with van der Waals surface area (Å²) in [6.45, 7) is 0.161. The van der Waals surface area contributed by atoms with Gasteiger partial charge in [0, 0.05) is 17.5 Å². The SMILES string of the molecule is O=C1CCc2c(OCC(O)CCl)cccc21. The molecule has 1 aromatic rings. The third-order valence-corrected chi connectivity index (χ3v) is 3.00. The summed E-state index contributed by atoms with van der Waals surface area (Å²) < 4.78 is 5.46. The lowest BCUT2D eigenvalue weighted by atomic mass is 10.1. The fourth-order valence-corrected chi connectivity index (χ4v) is 1.91. The number of aliphatic hydroxyl groups is 1. The maximum Gasteiger partial charge on any atom is 0.163 e. The molecule has 0 bridgehead atoms. The Morgan fingerprint density at radius 3 is 3.00 bits per heavy atom. The smallest absolute Gasteiger partial charge is 0.163 e. The summed E-state index contributed by atoms with van der Waals surface area (Å²) in [6.07, 6.45) is 0.601. The van der Waals surface area contributed by atoms with Gasteiger partial charge in [0.1, 0.15) is 18.5 Å². The van der Waals surface area contributed by atoms with Crippen LogP contribution in [0.15, 0.2) is 18.2 Å². The quantitative estimate of drug-likeness (QED) is 0.817. The lowest BCUT2D eigenvalue weighted by Crippen LogP contribution is -2.19. The number of carbonyl (C=O) groups is 1. The second-order valence-electron chi connectivity index (χ2n) is 3.82. The highest BCUT2D eigenvalue weighted by Crippen LogP contribution is 2.30. The first-order valence-corrected chi connectivity index (χ1v) is 5.77. The molecule has 0 amide bonds. The Bertz CT molecular complexity index is 403. The Hall–Kier alpha value is -1.06. The van der Waals surface area contributed by atoms with E-state index in [2.05, 4.69) is 0 Å². The van der Waals surface area contributed by atoms with E-state index in [1.165, 1.54) is 0 Å². The number of fused-ring (bicyclic) bond motifs is 1. The van der Waals surface area contributed by atoms with Crippen molar-refractivity contribution in [3.8, 4) is 5.75 Å². The van der Waals surface area contributed by atoms with Crippen molar-refractivity contribution in [1.82, 2.24) is 0 Å². The summed E-state index contributed by atoms with van der Waals surface area (Å²) in [6, 6.07) is 5.43. The number of rotatable bonds is 4. The number of ether oxygens (including phenoxy) is 1. The lowest BCUT2D eigenvalue weighted by molar-refractivity contribution is 0.0994. The van der Waals surface area contributed by atoms with Crippen molar-refractivity contribution in [3.63, 3.8) is 0 Å². The van der Waals surface area contributed by atoms with Crippen LogP contribution in [0, 0.1) is 0 Å². The van der Waals surface area contributed by atoms with Gasteiger partial charge in [-0.25, -0.2) is 0 Å². The van der Waals surface area contributed by atoms with Gasteiger partial charge in [0.15, 0.2) is 5.78 Å². The van der Waals surface area contributed by atoms with Crippen LogP contribution in [0.4, 0.5) is 0 Å². The summed E-state index contributed by atoms with van der Waals surface area (Å²) in [5.41, 5.74) is 1.70. The number of halogens is 1. The topological polar surface area (TPSA) is 46.5 Å². The Labute approximate surface area is 99.0 Å². The van der Waals surface area contributed by atoms with Crippen LogP contribution in [0.1, 0.15) is 22.3 Å². The van der Waals surface area contributed by atoms with E-state index in [9.17, 15) is 9.90 Å². The molecule has 1 aromatic carbocycles. The van der Waals surface area contributed by atoms with Crippen LogP contribution in [0.3, 0.4) is 0 Å². The Balaban J connectivity index is 2.14. The van der Waals surface area contributed by atoms with Crippen molar-refractivity contribution < 1.29 is 14.6 Å². The average Bonchev–Trinajstić information content (AvgIpc) is 2.69. The Morgan fingerprint density at radius 2 is 2.25 bits per heavy atom. The molecule has 0 radical (unpaired) electrons. The van der Waals surface area contributed by atoms with Crippen molar-refractivity contribution in [3.05, 3.63) is 29.3 Å². The summed E-state index contributed by atoms with van der Waals surface area (Å²) in [5, 5.41) is 9.30. The number of aliphatic hydroxyl groups excluding tert-OH is 1. The Morgan fingerprint density at radius 1 is 1.44 bits per heavy atom. The van der Waals surface area contributed by atoms with Crippen molar-refractivity contribution in [2.45, 2.75) is 18.9 Å². The fraction of sp³-hybridized carbons (Fsp3) is 0.417. The van der Waals surface area contributed by atoms with Crippen LogP contribution in [0.5, 0.6) is 5.75 Å². The van der Waals surface area contributed by atoms with Gasteiger partial charge in [0.2, 0.25) is 0 Å². The normalized spacial score (nSPS) is 16.0. The number of hydrogen-bond acceptors (Lipinski definition) is 3. The van der Waals surface area contributed by atoms with E-state index in [1.807, 2.05) is 12.1 Å². The van der Waals surface area contributed by atoms with E-state index in [0.717, 1.165) is 17.5 Å². The molecule has 1 atom stereocenters. The van der Waals surface area contributed by atoms with Crippen LogP contribution >= 0.6 is 11.6 Å². The molecule has 4 heteroatoms. The second kappa shape index (κ2) is 4.85. The molecule has 0 saturated carbocycles. The predicted molar refractivity (Wildman–Crippen MR) is 61.3 cm³/mol. The molecule has 0 spiro atoms. The maximum atomic E-state index is 11.5. The molecule has 2 rings (SSSR count). The molecule has 16 heavy (non-hydrogen) atoms. The van der Waals surface area contributed by atoms with Gasteiger partial charge >= 0.3 is 0 Å². The molecular weight excluding hydrogens is 228 g/mol. The van der Waals surface area contributed by atoms with E-state index in [4.69, 9.17) is 16.3 Å². The van der Waals surface area contributed by atoms with Gasteiger partial charge in [0.05, 0.1) is 5.88 Å². The number of Topliss-reactive ketones (excluding diaryl/α,β-unsaturated/α-hetero) is 1. The van der Waals surface area contributed by atoms with Crippen molar-refractivity contribution in [2.75, 3.05) is 12.5 Å². The first kappa shape index (κ1) is 11.4. The number of benzene rings is 1. The average molecular weight is 241 g/mol. The highest BCUT2D eigenvalue weighted by Gasteiger charge is 2.22. The molecular formula is C12H13ClO3. The molecule has 1 N–H and O–H groups in total. The molecule has 1 aliphatic rings. The third-order valence-electron chi connectivity index (χ3n) is 2.64. The van der Waals surface area contributed by atoms with Gasteiger partial charge in [-0.15, -0.1) is 11.6 Å². The first-order chi connectivity index (χ1) is 7.72. The molecule has 0 aromatic heterocycles. The van der Waals surface area contributed by atoms with Crippen LogP contribution < -0.4 is 4.74 Å². The largest absolute Gasteiger partial charge is 0.491 e. The second-order valence-corrected chi connectivity index (χ2v) is 4.13. The minimum Gasteiger partial charge on any atom is -0.491 e. The molecule has 0 saturated heterocycles. The summed E-state index contributed by atoms with van der Waals surface area (Å²) >= 11 is 5.47. The standard InChI is InChI=1S/C12H13ClO3/c13-6-8(14)7-16-12-3-1-2-9-10(12)4-5-11(9)15/h1-3,8,14H,4-7H2. The van der Waals surface area contributed by atoms with E-state index < -0.39 is 6.10 Å². The number of ketones is 1. The van der Waals surface area contributed by atoms with Crippen molar-refractivity contribution in [1.29, 1.82) is 0 Å². The van der Waals surface area contributed by atoms with Gasteiger partial charge in [-0.1, -0.05) is 12.1 Å². The van der Waals surface area contributed by atoms with Crippen molar-refractivity contribution in [2.24, 2.45) is 0 Å². The van der Waals surface area contributed by atoms with Gasteiger partial charge in [-0.3, -0.25) is 4.79 Å². The van der Waals surface area contributed by atoms with Gasteiger partial charge in [-0.05, 0) is 12.5 Å². The Kier molecular flexibility index (Phi) is 3.46. The monoisotopic (exact) mass is 240 g/mol. The van der Waals surface area contributed by atoms with Gasteiger partial charge in [-0.2, -0.15) is 0 Å². The zero-order valence-corrected chi connectivity index (χ0v) is 9.54. The third kappa shape index (κ3) is 2.20. The zero-order chi connectivity index (χ0) is 11.5. The van der Waals surface area contributed by atoms with Gasteiger partial charge < -0.3 is 9.84 Å². The zero-order valence-electron chi connectivity index (χ0n) is 8.78. The molecule has 3 nitrogen and oxygen atoms in total. The molecule has 0 aliphatic heterocycles. The maximum absolute atomic E-state index is 11.5. The lowest BCUT2D eigenvalue weighted by Gasteiger charge is -2.12. The molecule has 1 unspecified atom stereocenters. The summed E-state index contributed by atoms with van der Waals surface area (Å²) in [4.78, 5) is 11.5. The van der Waals surface area contributed by atoms with E-state index in [0.29, 0.717) is 12.2 Å². The molecule has 86 valence electrons. The minimum atomic E-state index is -0.672. The van der Waals surface area contributed by atoms with Crippen LogP contribution in [-0.2, 0) is 6.42 Å². The van der Waals surface area contributed by atoms with E-state index >= 15 is 0 Å². The summed E-state index contributed by atoms with van der Waals surface area (Å²) in [7, 11) is 0. The van der Waals surface area contributed by atoms with Crippen molar-refractivity contribution >= 4 is 17.4 Å². The molecule has 0 heterocycles. The minimum absolute atomic E-state index is 0.147. The number of alkyl halides is 1. The predicted octanol–water partition coefficient (Wildman–Crippen LogP) is 1.79. The highest BCUT2D eigenvalue weighted by atomic mass is 35.5. The first-order valence-electron chi connectivity index (χ1n) is 5.24. The fourth-order valence-electron chi connectivity index (χ4n) is 1.82. The highest BCUT2D eigenvalue weighted by molar-refractivity contribution is 6.18. The van der Waals surface area contributed by atoms with Crippen LogP contribution in [0.25, 0.3) is 0 Å².